The molecule has 2 unspecified atom stereocenters. The van der Waals surface area contributed by atoms with E-state index in [4.69, 9.17) is 9.84 Å². The van der Waals surface area contributed by atoms with Crippen molar-refractivity contribution in [2.45, 2.75) is 25.9 Å². The Bertz CT molecular complexity index is 543. The van der Waals surface area contributed by atoms with E-state index in [1.54, 1.807) is 7.11 Å². The summed E-state index contributed by atoms with van der Waals surface area (Å²) in [5.74, 6) is 6.37. The molecular formula is C16H21NO3S. The molecule has 1 aliphatic rings. The number of aliphatic hydroxyl groups is 1. The first-order valence-corrected chi connectivity index (χ1v) is 8.04. The number of hydrogen-bond acceptors (Lipinski definition) is 4. The van der Waals surface area contributed by atoms with Crippen LogP contribution in [0, 0.1) is 17.8 Å². The van der Waals surface area contributed by atoms with Gasteiger partial charge in [0.2, 0.25) is 0 Å². The van der Waals surface area contributed by atoms with E-state index < -0.39 is 0 Å². The number of amides is 1. The first-order chi connectivity index (χ1) is 10.2. The molecule has 1 fully saturated rings. The minimum Gasteiger partial charge on any atom is -0.395 e. The third-order valence-corrected chi connectivity index (χ3v) is 4.62. The Kier molecular flexibility index (Phi) is 5.80. The molecule has 0 aliphatic carbocycles. The molecule has 1 saturated heterocycles. The van der Waals surface area contributed by atoms with Crippen LogP contribution < -0.4 is 0 Å². The van der Waals surface area contributed by atoms with Gasteiger partial charge in [0.15, 0.2) is 0 Å². The van der Waals surface area contributed by atoms with Crippen LogP contribution in [0.3, 0.4) is 0 Å². The third-order valence-electron chi connectivity index (χ3n) is 3.77. The summed E-state index contributed by atoms with van der Waals surface area (Å²) in [6.45, 7) is 3.66. The van der Waals surface area contributed by atoms with Gasteiger partial charge in [0.1, 0.15) is 0 Å². The van der Waals surface area contributed by atoms with Gasteiger partial charge in [-0.15, -0.1) is 11.3 Å². The molecule has 0 spiro atoms. The van der Waals surface area contributed by atoms with Crippen molar-refractivity contribution in [3.05, 3.63) is 21.9 Å². The van der Waals surface area contributed by atoms with Gasteiger partial charge in [0.05, 0.1) is 23.2 Å². The molecule has 0 saturated carbocycles. The highest BCUT2D eigenvalue weighted by atomic mass is 32.1. The van der Waals surface area contributed by atoms with Gasteiger partial charge in [-0.1, -0.05) is 18.8 Å². The van der Waals surface area contributed by atoms with Crippen LogP contribution in [0.1, 0.15) is 35.0 Å². The summed E-state index contributed by atoms with van der Waals surface area (Å²) in [6.07, 6.45) is 1.54. The number of carbonyl (C=O) groups excluding carboxylic acids is 1. The van der Waals surface area contributed by atoms with Gasteiger partial charge in [-0.2, -0.15) is 0 Å². The predicted molar refractivity (Wildman–Crippen MR) is 83.4 cm³/mol. The fourth-order valence-electron chi connectivity index (χ4n) is 2.43. The van der Waals surface area contributed by atoms with Crippen molar-refractivity contribution < 1.29 is 14.6 Å². The SMILES string of the molecule is COC1CN(C(=O)c2csc(C#CCCO)c2)CCC1C. The monoisotopic (exact) mass is 307 g/mol. The first-order valence-electron chi connectivity index (χ1n) is 7.16. The Morgan fingerprint density at radius 2 is 2.43 bits per heavy atom. The molecular weight excluding hydrogens is 286 g/mol. The van der Waals surface area contributed by atoms with Crippen molar-refractivity contribution in [2.75, 3.05) is 26.8 Å². The minimum atomic E-state index is 0.0513. The summed E-state index contributed by atoms with van der Waals surface area (Å²) < 4.78 is 5.45. The van der Waals surface area contributed by atoms with Crippen LogP contribution in [0.15, 0.2) is 11.4 Å². The molecule has 2 heterocycles. The van der Waals surface area contributed by atoms with Crippen LogP contribution in [0.5, 0.6) is 0 Å². The van der Waals surface area contributed by atoms with E-state index >= 15 is 0 Å². The number of likely N-dealkylation sites (tertiary alicyclic amines) is 1. The van der Waals surface area contributed by atoms with Gasteiger partial charge in [-0.05, 0) is 18.4 Å². The molecule has 4 nitrogen and oxygen atoms in total. The molecule has 114 valence electrons. The number of carbonyl (C=O) groups is 1. The van der Waals surface area contributed by atoms with Crippen molar-refractivity contribution in [3.8, 4) is 11.8 Å². The van der Waals surface area contributed by atoms with E-state index in [2.05, 4.69) is 18.8 Å². The van der Waals surface area contributed by atoms with Gasteiger partial charge in [0, 0.05) is 32.0 Å². The van der Waals surface area contributed by atoms with Crippen molar-refractivity contribution in [1.29, 1.82) is 0 Å². The number of aliphatic hydroxyl groups excluding tert-OH is 1. The standard InChI is InChI=1S/C16H21NO3S/c1-12-6-7-17(10-15(12)20-2)16(19)13-9-14(21-11-13)5-3-4-8-18/h9,11-12,15,18H,4,6-8,10H2,1-2H3. The van der Waals surface area contributed by atoms with E-state index in [9.17, 15) is 4.79 Å². The lowest BCUT2D eigenvalue weighted by molar-refractivity contribution is -0.00154. The summed E-state index contributed by atoms with van der Waals surface area (Å²) in [7, 11) is 1.70. The second kappa shape index (κ2) is 7.60. The van der Waals surface area contributed by atoms with Crippen LogP contribution in [0.2, 0.25) is 0 Å². The lowest BCUT2D eigenvalue weighted by Crippen LogP contribution is -2.46. The van der Waals surface area contributed by atoms with Crippen molar-refractivity contribution in [2.24, 2.45) is 5.92 Å². The smallest absolute Gasteiger partial charge is 0.254 e. The first kappa shape index (κ1) is 16.0. The Morgan fingerprint density at radius 3 is 3.14 bits per heavy atom. The fraction of sp³-hybridized carbons (Fsp3) is 0.562. The van der Waals surface area contributed by atoms with Gasteiger partial charge < -0.3 is 14.7 Å². The molecule has 5 heteroatoms. The van der Waals surface area contributed by atoms with Gasteiger partial charge in [-0.3, -0.25) is 4.79 Å². The van der Waals surface area contributed by atoms with Gasteiger partial charge in [-0.25, -0.2) is 0 Å². The maximum Gasteiger partial charge on any atom is 0.254 e. The summed E-state index contributed by atoms with van der Waals surface area (Å²) in [6, 6.07) is 1.83. The Labute approximate surface area is 129 Å². The Balaban J connectivity index is 2.02. The number of thiophene rings is 1. The van der Waals surface area contributed by atoms with E-state index in [1.807, 2.05) is 16.3 Å². The normalized spacial score (nSPS) is 21.8. The van der Waals surface area contributed by atoms with Crippen LogP contribution in [0.25, 0.3) is 0 Å². The Hall–Kier alpha value is -1.35. The lowest BCUT2D eigenvalue weighted by atomic mass is 9.95. The minimum absolute atomic E-state index is 0.0513. The van der Waals surface area contributed by atoms with Crippen LogP contribution in [0.4, 0.5) is 0 Å². The maximum absolute atomic E-state index is 12.5. The average molecular weight is 307 g/mol. The number of methoxy groups -OCH3 is 1. The zero-order valence-electron chi connectivity index (χ0n) is 12.5. The molecule has 2 rings (SSSR count). The zero-order chi connectivity index (χ0) is 15.2. The molecule has 1 aromatic rings. The molecule has 0 radical (unpaired) electrons. The van der Waals surface area contributed by atoms with Crippen LogP contribution in [-0.4, -0.2) is 48.8 Å². The van der Waals surface area contributed by atoms with Crippen molar-refractivity contribution >= 4 is 17.2 Å². The largest absolute Gasteiger partial charge is 0.395 e. The van der Waals surface area contributed by atoms with Gasteiger partial charge in [0.25, 0.3) is 5.91 Å². The number of hydrogen-bond donors (Lipinski definition) is 1. The second-order valence-corrected chi connectivity index (χ2v) is 6.18. The van der Waals surface area contributed by atoms with E-state index in [-0.39, 0.29) is 18.6 Å². The van der Waals surface area contributed by atoms with E-state index in [1.165, 1.54) is 11.3 Å². The molecule has 1 N–H and O–H groups in total. The van der Waals surface area contributed by atoms with Crippen LogP contribution in [-0.2, 0) is 4.74 Å². The second-order valence-electron chi connectivity index (χ2n) is 5.27. The molecule has 1 amide bonds. The fourth-order valence-corrected chi connectivity index (χ4v) is 3.18. The lowest BCUT2D eigenvalue weighted by Gasteiger charge is -2.36. The van der Waals surface area contributed by atoms with E-state index in [0.717, 1.165) is 17.8 Å². The number of piperidine rings is 1. The number of nitrogens with zero attached hydrogens (tertiary/aromatic N) is 1. The highest BCUT2D eigenvalue weighted by molar-refractivity contribution is 7.10. The topological polar surface area (TPSA) is 49.8 Å². The predicted octanol–water partition coefficient (Wildman–Crippen LogP) is 1.98. The quantitative estimate of drug-likeness (QED) is 0.869. The molecule has 21 heavy (non-hydrogen) atoms. The summed E-state index contributed by atoms with van der Waals surface area (Å²) in [5, 5.41) is 10.6. The summed E-state index contributed by atoms with van der Waals surface area (Å²) >= 11 is 1.47. The van der Waals surface area contributed by atoms with Crippen molar-refractivity contribution in [1.82, 2.24) is 4.90 Å². The molecule has 1 aromatic heterocycles. The number of ether oxygens (including phenoxy) is 1. The van der Waals surface area contributed by atoms with E-state index in [0.29, 0.717) is 24.4 Å². The number of rotatable bonds is 3. The summed E-state index contributed by atoms with van der Waals surface area (Å²) in [5.41, 5.74) is 0.692. The molecule has 0 bridgehead atoms. The zero-order valence-corrected chi connectivity index (χ0v) is 13.3. The van der Waals surface area contributed by atoms with Gasteiger partial charge >= 0.3 is 0 Å². The average Bonchev–Trinajstić information content (AvgIpc) is 2.96. The Morgan fingerprint density at radius 1 is 1.62 bits per heavy atom. The van der Waals surface area contributed by atoms with Crippen molar-refractivity contribution in [3.63, 3.8) is 0 Å². The summed E-state index contributed by atoms with van der Waals surface area (Å²) in [4.78, 5) is 15.2. The van der Waals surface area contributed by atoms with Crippen LogP contribution >= 0.6 is 11.3 Å². The highest BCUT2D eigenvalue weighted by Crippen LogP contribution is 2.22. The highest BCUT2D eigenvalue weighted by Gasteiger charge is 2.29. The maximum atomic E-state index is 12.5. The molecule has 0 aromatic carbocycles. The molecule has 1 aliphatic heterocycles. The third kappa shape index (κ3) is 4.07. The molecule has 2 atom stereocenters.